The van der Waals surface area contributed by atoms with Gasteiger partial charge < -0.3 is 20.7 Å². The van der Waals surface area contributed by atoms with Crippen LogP contribution in [0.5, 0.6) is 0 Å². The SMILES string of the molecule is CCC(Sc1cccc(NC(=O)/C(=C\c2ccccc2Cl)NC(=O)c2ccccc2)c1)C(=O)Nc1sc2c(c1C(=O)OC)CCC(c1ccccc1)C2. The molecule has 1 aliphatic carbocycles. The van der Waals surface area contributed by atoms with Gasteiger partial charge in [-0.15, -0.1) is 23.1 Å². The van der Waals surface area contributed by atoms with E-state index in [1.54, 1.807) is 72.8 Å². The number of amides is 3. The first-order valence-electron chi connectivity index (χ1n) is 17.2. The van der Waals surface area contributed by atoms with Gasteiger partial charge in [-0.25, -0.2) is 4.79 Å². The van der Waals surface area contributed by atoms with E-state index >= 15 is 0 Å². The van der Waals surface area contributed by atoms with Crippen molar-refractivity contribution < 1.29 is 23.9 Å². The zero-order chi connectivity index (χ0) is 37.3. The number of nitrogens with one attached hydrogen (secondary N) is 3. The number of carbonyl (C=O) groups is 4. The maximum absolute atomic E-state index is 13.8. The number of rotatable bonds is 12. The molecule has 0 fully saturated rings. The van der Waals surface area contributed by atoms with Crippen LogP contribution in [0, 0.1) is 0 Å². The number of anilines is 2. The number of carbonyl (C=O) groups excluding carboxylic acids is 4. The highest BCUT2D eigenvalue weighted by Crippen LogP contribution is 2.43. The fraction of sp³-hybridized carbons (Fsp3) is 0.190. The van der Waals surface area contributed by atoms with E-state index in [0.29, 0.717) is 44.7 Å². The van der Waals surface area contributed by atoms with Crippen LogP contribution in [0.1, 0.15) is 68.0 Å². The lowest BCUT2D eigenvalue weighted by Crippen LogP contribution is -2.30. The molecule has 0 saturated carbocycles. The van der Waals surface area contributed by atoms with Crippen molar-refractivity contribution in [3.05, 3.63) is 153 Å². The molecule has 270 valence electrons. The second-order valence-corrected chi connectivity index (χ2v) is 15.2. The van der Waals surface area contributed by atoms with Crippen molar-refractivity contribution in [1.29, 1.82) is 0 Å². The van der Waals surface area contributed by atoms with Crippen molar-refractivity contribution in [2.24, 2.45) is 0 Å². The van der Waals surface area contributed by atoms with Gasteiger partial charge in [0.2, 0.25) is 5.91 Å². The number of fused-ring (bicyclic) bond motifs is 1. The molecule has 3 amide bonds. The maximum Gasteiger partial charge on any atom is 0.341 e. The Morgan fingerprint density at radius 1 is 0.925 bits per heavy atom. The van der Waals surface area contributed by atoms with E-state index in [-0.39, 0.29) is 11.6 Å². The Morgan fingerprint density at radius 2 is 1.64 bits per heavy atom. The van der Waals surface area contributed by atoms with Gasteiger partial charge in [-0.05, 0) is 90.8 Å². The van der Waals surface area contributed by atoms with Gasteiger partial charge in [-0.1, -0.05) is 91.3 Å². The first kappa shape index (κ1) is 37.6. The maximum atomic E-state index is 13.8. The molecule has 53 heavy (non-hydrogen) atoms. The second-order valence-electron chi connectivity index (χ2n) is 12.4. The molecule has 3 N–H and O–H groups in total. The lowest BCUT2D eigenvalue weighted by Gasteiger charge is -2.22. The number of esters is 1. The van der Waals surface area contributed by atoms with Crippen LogP contribution in [0.4, 0.5) is 10.7 Å². The van der Waals surface area contributed by atoms with Gasteiger partial charge in [-0.2, -0.15) is 0 Å². The van der Waals surface area contributed by atoms with Crippen LogP contribution in [-0.4, -0.2) is 36.1 Å². The molecule has 0 radical (unpaired) electrons. The van der Waals surface area contributed by atoms with Gasteiger partial charge in [0.1, 0.15) is 10.7 Å². The molecule has 4 aromatic carbocycles. The Bertz CT molecular complexity index is 2150. The van der Waals surface area contributed by atoms with Gasteiger partial charge in [0.25, 0.3) is 11.8 Å². The summed E-state index contributed by atoms with van der Waals surface area (Å²) in [6, 6.07) is 33.1. The quantitative estimate of drug-likeness (QED) is 0.0663. The lowest BCUT2D eigenvalue weighted by atomic mass is 9.83. The normalized spacial score (nSPS) is 14.4. The monoisotopic (exact) mass is 763 g/mol. The Hall–Kier alpha value is -5.16. The van der Waals surface area contributed by atoms with E-state index in [2.05, 4.69) is 28.1 Å². The van der Waals surface area contributed by atoms with E-state index in [4.69, 9.17) is 16.3 Å². The third kappa shape index (κ3) is 9.26. The predicted molar refractivity (Wildman–Crippen MR) is 214 cm³/mol. The minimum Gasteiger partial charge on any atom is -0.465 e. The van der Waals surface area contributed by atoms with Crippen LogP contribution in [-0.2, 0) is 27.2 Å². The molecule has 2 atom stereocenters. The van der Waals surface area contributed by atoms with E-state index in [1.807, 2.05) is 31.2 Å². The van der Waals surface area contributed by atoms with E-state index in [0.717, 1.165) is 34.6 Å². The molecule has 1 aromatic heterocycles. The summed E-state index contributed by atoms with van der Waals surface area (Å²) in [6.45, 7) is 1.93. The van der Waals surface area contributed by atoms with Crippen molar-refractivity contribution in [1.82, 2.24) is 5.32 Å². The Labute approximate surface area is 322 Å². The van der Waals surface area contributed by atoms with Crippen LogP contribution in [0.3, 0.4) is 0 Å². The summed E-state index contributed by atoms with van der Waals surface area (Å²) >= 11 is 9.19. The number of hydrogen-bond acceptors (Lipinski definition) is 7. The van der Waals surface area contributed by atoms with E-state index in [1.165, 1.54) is 41.8 Å². The molecule has 1 aliphatic rings. The smallest absolute Gasteiger partial charge is 0.341 e. The summed E-state index contributed by atoms with van der Waals surface area (Å²) in [5.74, 6) is -1.34. The van der Waals surface area contributed by atoms with Crippen LogP contribution >= 0.6 is 34.7 Å². The number of benzene rings is 4. The molecule has 1 heterocycles. The highest BCUT2D eigenvalue weighted by molar-refractivity contribution is 8.00. The number of halogens is 1. The molecule has 2 unspecified atom stereocenters. The minimum absolute atomic E-state index is 0.00552. The summed E-state index contributed by atoms with van der Waals surface area (Å²) in [4.78, 5) is 55.3. The third-order valence-electron chi connectivity index (χ3n) is 8.93. The topological polar surface area (TPSA) is 114 Å². The van der Waals surface area contributed by atoms with Crippen LogP contribution in [0.2, 0.25) is 5.02 Å². The van der Waals surface area contributed by atoms with Crippen LogP contribution in [0.15, 0.2) is 120 Å². The number of thiophene rings is 1. The number of thioether (sulfide) groups is 1. The first-order valence-corrected chi connectivity index (χ1v) is 19.3. The third-order valence-corrected chi connectivity index (χ3v) is 11.8. The van der Waals surface area contributed by atoms with Gasteiger partial charge >= 0.3 is 5.97 Å². The molecule has 0 bridgehead atoms. The van der Waals surface area contributed by atoms with Crippen LogP contribution in [0.25, 0.3) is 6.08 Å². The Kier molecular flexibility index (Phi) is 12.5. The average molecular weight is 764 g/mol. The van der Waals surface area contributed by atoms with E-state index in [9.17, 15) is 19.2 Å². The fourth-order valence-corrected chi connectivity index (χ4v) is 8.74. The Morgan fingerprint density at radius 3 is 2.36 bits per heavy atom. The zero-order valence-electron chi connectivity index (χ0n) is 29.2. The van der Waals surface area contributed by atoms with Crippen molar-refractivity contribution in [2.75, 3.05) is 17.7 Å². The molecule has 11 heteroatoms. The largest absolute Gasteiger partial charge is 0.465 e. The lowest BCUT2D eigenvalue weighted by molar-refractivity contribution is -0.116. The summed E-state index contributed by atoms with van der Waals surface area (Å²) in [5, 5.41) is 9.11. The highest BCUT2D eigenvalue weighted by atomic mass is 35.5. The van der Waals surface area contributed by atoms with Crippen molar-refractivity contribution in [3.8, 4) is 0 Å². The van der Waals surface area contributed by atoms with Crippen molar-refractivity contribution in [3.63, 3.8) is 0 Å². The standard InChI is InChI=1S/C42H38ClN3O5S2/c1-3-35(40(49)46-41-37(42(50)51-2)32-22-21-28(24-36(32)53-41)26-13-6-4-7-14-26)52-31-19-12-18-30(25-31)44-39(48)34(23-29-17-10-11-20-33(29)43)45-38(47)27-15-8-5-9-16-27/h4-20,23,25,28,35H,3,21-22,24H2,1-2H3,(H,44,48)(H,45,47)(H,46,49)/b34-23+. The van der Waals surface area contributed by atoms with Gasteiger partial charge in [0.05, 0.1) is 17.9 Å². The first-order chi connectivity index (χ1) is 25.7. The fourth-order valence-electron chi connectivity index (χ4n) is 6.22. The molecular formula is C42H38ClN3O5S2. The van der Waals surface area contributed by atoms with Gasteiger partial charge in [-0.3, -0.25) is 14.4 Å². The zero-order valence-corrected chi connectivity index (χ0v) is 31.6. The Balaban J connectivity index is 1.17. The molecule has 6 rings (SSSR count). The molecule has 0 saturated heterocycles. The number of ether oxygens (including phenoxy) is 1. The molecule has 0 spiro atoms. The van der Waals surface area contributed by atoms with Gasteiger partial charge in [0, 0.05) is 26.0 Å². The van der Waals surface area contributed by atoms with Crippen LogP contribution < -0.4 is 16.0 Å². The molecular weight excluding hydrogens is 726 g/mol. The number of methoxy groups -OCH3 is 1. The predicted octanol–water partition coefficient (Wildman–Crippen LogP) is 9.38. The van der Waals surface area contributed by atoms with Gasteiger partial charge in [0.15, 0.2) is 0 Å². The summed E-state index contributed by atoms with van der Waals surface area (Å²) in [7, 11) is 1.36. The van der Waals surface area contributed by atoms with Crippen molar-refractivity contribution in [2.45, 2.75) is 48.7 Å². The molecule has 5 aromatic rings. The minimum atomic E-state index is -0.548. The van der Waals surface area contributed by atoms with E-state index < -0.39 is 23.0 Å². The highest BCUT2D eigenvalue weighted by Gasteiger charge is 2.31. The second kappa shape index (κ2) is 17.6. The molecule has 8 nitrogen and oxygen atoms in total. The van der Waals surface area contributed by atoms with Crippen molar-refractivity contribution >= 4 is 75.2 Å². The summed E-state index contributed by atoms with van der Waals surface area (Å²) in [5.41, 5.74) is 4.10. The molecule has 0 aliphatic heterocycles. The summed E-state index contributed by atoms with van der Waals surface area (Å²) < 4.78 is 5.16. The average Bonchev–Trinajstić information content (AvgIpc) is 3.54. The number of hydrogen-bond donors (Lipinski definition) is 3. The summed E-state index contributed by atoms with van der Waals surface area (Å²) in [6.07, 6.45) is 4.46.